The number of aliphatic hydroxyl groups is 1. The largest absolute Gasteiger partial charge is 0.384 e. The predicted octanol–water partition coefficient (Wildman–Crippen LogP) is 2.29. The van der Waals surface area contributed by atoms with Crippen molar-refractivity contribution in [1.29, 1.82) is 0 Å². The van der Waals surface area contributed by atoms with E-state index in [1.807, 2.05) is 19.9 Å². The average molecular weight is 280 g/mol. The Bertz CT molecular complexity index is 727. The van der Waals surface area contributed by atoms with Crippen molar-refractivity contribution in [2.45, 2.75) is 13.8 Å². The quantitative estimate of drug-likeness (QED) is 0.830. The molecule has 0 saturated heterocycles. The highest BCUT2D eigenvalue weighted by atomic mass is 16.2. The van der Waals surface area contributed by atoms with Crippen molar-refractivity contribution in [1.82, 2.24) is 4.98 Å². The fourth-order valence-corrected chi connectivity index (χ4v) is 1.87. The second-order valence-electron chi connectivity index (χ2n) is 4.63. The number of carbonyl (C=O) groups is 1. The van der Waals surface area contributed by atoms with Gasteiger partial charge < -0.3 is 10.4 Å². The van der Waals surface area contributed by atoms with Gasteiger partial charge in [-0.25, -0.2) is 0 Å². The fourth-order valence-electron chi connectivity index (χ4n) is 1.87. The molecule has 0 bridgehead atoms. The van der Waals surface area contributed by atoms with E-state index in [0.29, 0.717) is 11.3 Å². The number of hydrogen-bond acceptors (Lipinski definition) is 3. The number of rotatable bonds is 2. The molecular formula is C17H16N2O2. The lowest BCUT2D eigenvalue weighted by molar-refractivity contribution is 0.102. The summed E-state index contributed by atoms with van der Waals surface area (Å²) in [6.07, 6.45) is 3.31. The molecule has 0 atom stereocenters. The van der Waals surface area contributed by atoms with Crippen molar-refractivity contribution >= 4 is 11.6 Å². The molecule has 1 heterocycles. The smallest absolute Gasteiger partial charge is 0.255 e. The predicted molar refractivity (Wildman–Crippen MR) is 82.1 cm³/mol. The maximum atomic E-state index is 12.2. The molecule has 106 valence electrons. The number of carbonyl (C=O) groups excluding carboxylic acids is 1. The first-order valence-corrected chi connectivity index (χ1v) is 6.54. The van der Waals surface area contributed by atoms with Crippen molar-refractivity contribution in [2.24, 2.45) is 0 Å². The maximum absolute atomic E-state index is 12.2. The average Bonchev–Trinajstić information content (AvgIpc) is 2.48. The number of amides is 1. The fraction of sp³-hybridized carbons (Fsp3) is 0.176. The molecule has 1 aromatic carbocycles. The SMILES string of the molecule is Cc1cc(C(=O)Nc2cnccc2C)ccc1C#CCO. The third-order valence-corrected chi connectivity index (χ3v) is 3.08. The van der Waals surface area contributed by atoms with Gasteiger partial charge in [0.15, 0.2) is 0 Å². The van der Waals surface area contributed by atoms with Crippen LogP contribution in [0.3, 0.4) is 0 Å². The molecule has 0 fully saturated rings. The Balaban J connectivity index is 2.21. The first-order chi connectivity index (χ1) is 10.1. The molecule has 0 radical (unpaired) electrons. The summed E-state index contributed by atoms with van der Waals surface area (Å²) in [6, 6.07) is 7.12. The van der Waals surface area contributed by atoms with E-state index >= 15 is 0 Å². The third-order valence-electron chi connectivity index (χ3n) is 3.08. The number of aryl methyl sites for hydroxylation is 2. The van der Waals surface area contributed by atoms with Crippen LogP contribution < -0.4 is 5.32 Å². The second kappa shape index (κ2) is 6.69. The number of anilines is 1. The standard InChI is InChI=1S/C17H16N2O2/c1-12-7-8-18-11-16(12)19-17(21)15-6-5-14(4-3-9-20)13(2)10-15/h5-8,10-11,20H,9H2,1-2H3,(H,19,21). The molecule has 1 amide bonds. The van der Waals surface area contributed by atoms with E-state index < -0.39 is 0 Å². The van der Waals surface area contributed by atoms with Crippen LogP contribution in [0.2, 0.25) is 0 Å². The molecule has 0 spiro atoms. The van der Waals surface area contributed by atoms with Crippen LogP contribution in [-0.2, 0) is 0 Å². The number of hydrogen-bond donors (Lipinski definition) is 2. The van der Waals surface area contributed by atoms with E-state index in [2.05, 4.69) is 22.1 Å². The molecule has 0 unspecified atom stereocenters. The lowest BCUT2D eigenvalue weighted by Crippen LogP contribution is -2.13. The molecule has 2 aromatic rings. The van der Waals surface area contributed by atoms with Gasteiger partial charge in [0.2, 0.25) is 0 Å². The van der Waals surface area contributed by atoms with Crippen molar-refractivity contribution in [3.05, 3.63) is 58.9 Å². The summed E-state index contributed by atoms with van der Waals surface area (Å²) in [5.74, 6) is 5.26. The molecule has 0 saturated carbocycles. The second-order valence-corrected chi connectivity index (χ2v) is 4.63. The molecule has 2 rings (SSSR count). The normalized spacial score (nSPS) is 9.67. The number of aromatic nitrogens is 1. The van der Waals surface area contributed by atoms with E-state index in [0.717, 1.165) is 16.7 Å². The molecule has 0 aliphatic heterocycles. The number of aliphatic hydroxyl groups excluding tert-OH is 1. The molecule has 2 N–H and O–H groups in total. The highest BCUT2D eigenvalue weighted by Crippen LogP contribution is 2.15. The number of nitrogens with one attached hydrogen (secondary N) is 1. The van der Waals surface area contributed by atoms with Gasteiger partial charge in [0.1, 0.15) is 6.61 Å². The van der Waals surface area contributed by atoms with Gasteiger partial charge >= 0.3 is 0 Å². The van der Waals surface area contributed by atoms with Gasteiger partial charge in [-0.3, -0.25) is 9.78 Å². The zero-order valence-corrected chi connectivity index (χ0v) is 12.0. The molecule has 4 heteroatoms. The summed E-state index contributed by atoms with van der Waals surface area (Å²) in [5.41, 5.74) is 3.92. The topological polar surface area (TPSA) is 62.2 Å². The minimum Gasteiger partial charge on any atom is -0.384 e. The summed E-state index contributed by atoms with van der Waals surface area (Å²) < 4.78 is 0. The number of nitrogens with zero attached hydrogens (tertiary/aromatic N) is 1. The van der Waals surface area contributed by atoms with E-state index in [9.17, 15) is 4.79 Å². The highest BCUT2D eigenvalue weighted by Gasteiger charge is 2.09. The minimum absolute atomic E-state index is 0.179. The number of benzene rings is 1. The van der Waals surface area contributed by atoms with E-state index in [1.165, 1.54) is 0 Å². The zero-order chi connectivity index (χ0) is 15.2. The van der Waals surface area contributed by atoms with Crippen LogP contribution >= 0.6 is 0 Å². The third kappa shape index (κ3) is 3.68. The molecular weight excluding hydrogens is 264 g/mol. The van der Waals surface area contributed by atoms with Crippen molar-refractivity contribution in [3.8, 4) is 11.8 Å². The van der Waals surface area contributed by atoms with E-state index in [-0.39, 0.29) is 12.5 Å². The van der Waals surface area contributed by atoms with Gasteiger partial charge in [0.25, 0.3) is 5.91 Å². The first-order valence-electron chi connectivity index (χ1n) is 6.54. The molecule has 0 aliphatic carbocycles. The van der Waals surface area contributed by atoms with Crippen LogP contribution in [0.5, 0.6) is 0 Å². The van der Waals surface area contributed by atoms with Crippen molar-refractivity contribution in [3.63, 3.8) is 0 Å². The zero-order valence-electron chi connectivity index (χ0n) is 12.0. The molecule has 21 heavy (non-hydrogen) atoms. The summed E-state index contributed by atoms with van der Waals surface area (Å²) in [5, 5.41) is 11.5. The van der Waals surface area contributed by atoms with Gasteiger partial charge in [-0.15, -0.1) is 0 Å². The van der Waals surface area contributed by atoms with Crippen molar-refractivity contribution in [2.75, 3.05) is 11.9 Å². The molecule has 0 aliphatic rings. The van der Waals surface area contributed by atoms with Gasteiger partial charge in [-0.2, -0.15) is 0 Å². The van der Waals surface area contributed by atoms with Crippen LogP contribution in [0.25, 0.3) is 0 Å². The summed E-state index contributed by atoms with van der Waals surface area (Å²) in [6.45, 7) is 3.62. The molecule has 1 aromatic heterocycles. The summed E-state index contributed by atoms with van der Waals surface area (Å²) in [4.78, 5) is 16.2. The maximum Gasteiger partial charge on any atom is 0.255 e. The Morgan fingerprint density at radius 3 is 2.76 bits per heavy atom. The Morgan fingerprint density at radius 2 is 2.10 bits per heavy atom. The Labute approximate surface area is 123 Å². The lowest BCUT2D eigenvalue weighted by atomic mass is 10.0. The van der Waals surface area contributed by atoms with Crippen LogP contribution in [0.1, 0.15) is 27.0 Å². The van der Waals surface area contributed by atoms with Gasteiger partial charge in [-0.1, -0.05) is 11.8 Å². The lowest BCUT2D eigenvalue weighted by Gasteiger charge is -2.08. The summed E-state index contributed by atoms with van der Waals surface area (Å²) >= 11 is 0. The highest BCUT2D eigenvalue weighted by molar-refractivity contribution is 6.04. The van der Waals surface area contributed by atoms with Crippen LogP contribution in [0.15, 0.2) is 36.7 Å². The minimum atomic E-state index is -0.184. The monoisotopic (exact) mass is 280 g/mol. The van der Waals surface area contributed by atoms with Gasteiger partial charge in [0, 0.05) is 17.3 Å². The van der Waals surface area contributed by atoms with E-state index in [4.69, 9.17) is 5.11 Å². The van der Waals surface area contributed by atoms with Gasteiger partial charge in [0.05, 0.1) is 11.9 Å². The number of pyridine rings is 1. The molecule has 4 nitrogen and oxygen atoms in total. The first kappa shape index (κ1) is 14.8. The van der Waals surface area contributed by atoms with Crippen LogP contribution in [0.4, 0.5) is 5.69 Å². The van der Waals surface area contributed by atoms with Crippen molar-refractivity contribution < 1.29 is 9.90 Å². The van der Waals surface area contributed by atoms with Crippen LogP contribution in [-0.4, -0.2) is 22.6 Å². The Morgan fingerprint density at radius 1 is 1.29 bits per heavy atom. The Kier molecular flexibility index (Phi) is 4.70. The van der Waals surface area contributed by atoms with E-state index in [1.54, 1.807) is 30.6 Å². The summed E-state index contributed by atoms with van der Waals surface area (Å²) in [7, 11) is 0. The Hall–Kier alpha value is -2.64. The van der Waals surface area contributed by atoms with Crippen LogP contribution in [0, 0.1) is 25.7 Å². The van der Waals surface area contributed by atoms with Gasteiger partial charge in [-0.05, 0) is 49.2 Å².